The zero-order valence-corrected chi connectivity index (χ0v) is 16.3. The Morgan fingerprint density at radius 1 is 1.31 bits per heavy atom. The standard InChI is InChI=1S/C20H23ClN2O2S/c21-16-13-22-10-7-17(16)25-15-5-3-11-23(14-15)19(24)20(8-1-2-9-20)18-6-4-12-26-18/h4,6-7,10,12-13,15H,1-3,5,8-9,11,14H2. The van der Waals surface area contributed by atoms with Crippen LogP contribution < -0.4 is 4.74 Å². The highest BCUT2D eigenvalue weighted by Crippen LogP contribution is 2.45. The van der Waals surface area contributed by atoms with Crippen LogP contribution in [0.2, 0.25) is 5.02 Å². The van der Waals surface area contributed by atoms with Crippen LogP contribution in [-0.2, 0) is 10.2 Å². The highest BCUT2D eigenvalue weighted by atomic mass is 35.5. The molecule has 1 saturated heterocycles. The highest BCUT2D eigenvalue weighted by molar-refractivity contribution is 7.10. The molecule has 4 rings (SSSR count). The van der Waals surface area contributed by atoms with Crippen molar-refractivity contribution >= 4 is 28.8 Å². The minimum absolute atomic E-state index is 0.0191. The molecular formula is C20H23ClN2O2S. The Morgan fingerprint density at radius 3 is 2.88 bits per heavy atom. The van der Waals surface area contributed by atoms with Crippen molar-refractivity contribution in [2.24, 2.45) is 0 Å². The lowest BCUT2D eigenvalue weighted by atomic mass is 9.82. The van der Waals surface area contributed by atoms with Gasteiger partial charge in [0.05, 0.1) is 12.0 Å². The largest absolute Gasteiger partial charge is 0.487 e. The molecule has 2 fully saturated rings. The molecule has 0 aromatic carbocycles. The summed E-state index contributed by atoms with van der Waals surface area (Å²) in [6, 6.07) is 5.97. The summed E-state index contributed by atoms with van der Waals surface area (Å²) in [4.78, 5) is 20.8. The predicted molar refractivity (Wildman–Crippen MR) is 104 cm³/mol. The SMILES string of the molecule is O=C(N1CCCC(Oc2ccncc2Cl)C1)C1(c2cccs2)CCCC1. The third kappa shape index (κ3) is 3.35. The molecule has 2 aromatic heterocycles. The smallest absolute Gasteiger partial charge is 0.234 e. The van der Waals surface area contributed by atoms with Crippen LogP contribution in [0.4, 0.5) is 0 Å². The van der Waals surface area contributed by atoms with Gasteiger partial charge in [-0.2, -0.15) is 0 Å². The van der Waals surface area contributed by atoms with Crippen molar-refractivity contribution in [2.45, 2.75) is 50.0 Å². The average molecular weight is 391 g/mol. The second-order valence-corrected chi connectivity index (χ2v) is 8.56. The summed E-state index contributed by atoms with van der Waals surface area (Å²) in [5, 5.41) is 2.60. The predicted octanol–water partition coefficient (Wildman–Crippen LogP) is 4.68. The number of carbonyl (C=O) groups excluding carboxylic acids is 1. The molecule has 0 radical (unpaired) electrons. The van der Waals surface area contributed by atoms with Crippen molar-refractivity contribution in [1.29, 1.82) is 0 Å². The number of ether oxygens (including phenoxy) is 1. The second-order valence-electron chi connectivity index (χ2n) is 7.21. The molecule has 1 saturated carbocycles. The van der Waals surface area contributed by atoms with E-state index in [0.29, 0.717) is 17.3 Å². The van der Waals surface area contributed by atoms with Gasteiger partial charge in [-0.1, -0.05) is 30.5 Å². The van der Waals surface area contributed by atoms with Gasteiger partial charge in [-0.15, -0.1) is 11.3 Å². The Morgan fingerprint density at radius 2 is 2.15 bits per heavy atom. The van der Waals surface area contributed by atoms with E-state index in [9.17, 15) is 4.79 Å². The van der Waals surface area contributed by atoms with Gasteiger partial charge in [-0.25, -0.2) is 0 Å². The summed E-state index contributed by atoms with van der Waals surface area (Å²) in [7, 11) is 0. The molecule has 1 aliphatic carbocycles. The number of carbonyl (C=O) groups is 1. The third-order valence-electron chi connectivity index (χ3n) is 5.55. The first-order valence-electron chi connectivity index (χ1n) is 9.28. The highest BCUT2D eigenvalue weighted by Gasteiger charge is 2.46. The van der Waals surface area contributed by atoms with Crippen LogP contribution >= 0.6 is 22.9 Å². The van der Waals surface area contributed by atoms with Gasteiger partial charge in [0.15, 0.2) is 0 Å². The Balaban J connectivity index is 1.50. The molecule has 26 heavy (non-hydrogen) atoms. The fraction of sp³-hybridized carbons (Fsp3) is 0.500. The Labute approximate surface area is 163 Å². The molecule has 6 heteroatoms. The fourth-order valence-electron chi connectivity index (χ4n) is 4.25. The van der Waals surface area contributed by atoms with Crippen molar-refractivity contribution in [3.8, 4) is 5.75 Å². The minimum Gasteiger partial charge on any atom is -0.487 e. The van der Waals surface area contributed by atoms with E-state index in [1.165, 1.54) is 4.88 Å². The number of hydrogen-bond donors (Lipinski definition) is 0. The maximum atomic E-state index is 13.5. The van der Waals surface area contributed by atoms with Gasteiger partial charge >= 0.3 is 0 Å². The number of aromatic nitrogens is 1. The third-order valence-corrected chi connectivity index (χ3v) is 6.91. The summed E-state index contributed by atoms with van der Waals surface area (Å²) < 4.78 is 6.09. The van der Waals surface area contributed by atoms with E-state index in [1.54, 1.807) is 29.8 Å². The van der Waals surface area contributed by atoms with Gasteiger partial charge in [-0.3, -0.25) is 9.78 Å². The number of piperidine rings is 1. The number of likely N-dealkylation sites (tertiary alicyclic amines) is 1. The summed E-state index contributed by atoms with van der Waals surface area (Å²) in [5.41, 5.74) is -0.315. The van der Waals surface area contributed by atoms with Crippen LogP contribution in [0.15, 0.2) is 36.0 Å². The molecular weight excluding hydrogens is 368 g/mol. The fourth-order valence-corrected chi connectivity index (χ4v) is 5.40. The summed E-state index contributed by atoms with van der Waals surface area (Å²) in [5.74, 6) is 0.932. The summed E-state index contributed by atoms with van der Waals surface area (Å²) in [6.45, 7) is 1.44. The number of amides is 1. The molecule has 2 aliphatic rings. The quantitative estimate of drug-likeness (QED) is 0.761. The first-order valence-corrected chi connectivity index (χ1v) is 10.5. The Hall–Kier alpha value is -1.59. The first kappa shape index (κ1) is 17.8. The topological polar surface area (TPSA) is 42.4 Å². The molecule has 4 nitrogen and oxygen atoms in total. The maximum Gasteiger partial charge on any atom is 0.234 e. The van der Waals surface area contributed by atoms with E-state index in [2.05, 4.69) is 22.5 Å². The number of rotatable bonds is 4. The van der Waals surface area contributed by atoms with Crippen LogP contribution in [0.3, 0.4) is 0 Å². The number of pyridine rings is 1. The number of thiophene rings is 1. The molecule has 1 amide bonds. The van der Waals surface area contributed by atoms with Crippen molar-refractivity contribution in [2.75, 3.05) is 13.1 Å². The lowest BCUT2D eigenvalue weighted by molar-refractivity contribution is -0.140. The Bertz CT molecular complexity index is 759. The van der Waals surface area contributed by atoms with Gasteiger partial charge < -0.3 is 9.64 Å². The lowest BCUT2D eigenvalue weighted by Gasteiger charge is -2.38. The van der Waals surface area contributed by atoms with Crippen LogP contribution in [0, 0.1) is 0 Å². The number of halogens is 1. The normalized spacial score (nSPS) is 22.3. The van der Waals surface area contributed by atoms with Crippen molar-refractivity contribution in [3.63, 3.8) is 0 Å². The second kappa shape index (κ2) is 7.57. The van der Waals surface area contributed by atoms with Crippen molar-refractivity contribution in [1.82, 2.24) is 9.88 Å². The first-order chi connectivity index (χ1) is 12.7. The zero-order chi connectivity index (χ0) is 18.0. The van der Waals surface area contributed by atoms with Gasteiger partial charge in [0.1, 0.15) is 16.9 Å². The van der Waals surface area contributed by atoms with Crippen molar-refractivity contribution < 1.29 is 9.53 Å². The maximum absolute atomic E-state index is 13.5. The molecule has 0 N–H and O–H groups in total. The average Bonchev–Trinajstić information content (AvgIpc) is 3.36. The van der Waals surface area contributed by atoms with Gasteiger partial charge in [0.25, 0.3) is 0 Å². The lowest BCUT2D eigenvalue weighted by Crippen LogP contribution is -2.51. The molecule has 138 valence electrons. The molecule has 1 atom stereocenters. The van der Waals surface area contributed by atoms with E-state index in [-0.39, 0.29) is 17.4 Å². The van der Waals surface area contributed by atoms with E-state index < -0.39 is 0 Å². The molecule has 1 unspecified atom stereocenters. The van der Waals surface area contributed by atoms with Crippen LogP contribution in [0.25, 0.3) is 0 Å². The monoisotopic (exact) mass is 390 g/mol. The summed E-state index contributed by atoms with van der Waals surface area (Å²) >= 11 is 7.88. The molecule has 0 spiro atoms. The van der Waals surface area contributed by atoms with E-state index in [1.807, 2.05) is 4.90 Å². The van der Waals surface area contributed by atoms with Crippen LogP contribution in [-0.4, -0.2) is 35.0 Å². The minimum atomic E-state index is -0.315. The molecule has 0 bridgehead atoms. The van der Waals surface area contributed by atoms with Crippen LogP contribution in [0.1, 0.15) is 43.4 Å². The zero-order valence-electron chi connectivity index (χ0n) is 14.7. The van der Waals surface area contributed by atoms with E-state index >= 15 is 0 Å². The van der Waals surface area contributed by atoms with E-state index in [0.717, 1.165) is 45.1 Å². The van der Waals surface area contributed by atoms with Crippen molar-refractivity contribution in [3.05, 3.63) is 45.9 Å². The van der Waals surface area contributed by atoms with Gasteiger partial charge in [0, 0.05) is 29.9 Å². The summed E-state index contributed by atoms with van der Waals surface area (Å²) in [6.07, 6.45) is 9.33. The number of nitrogens with zero attached hydrogens (tertiary/aromatic N) is 2. The number of hydrogen-bond acceptors (Lipinski definition) is 4. The van der Waals surface area contributed by atoms with Gasteiger partial charge in [-0.05, 0) is 37.1 Å². The molecule has 1 aliphatic heterocycles. The van der Waals surface area contributed by atoms with Gasteiger partial charge in [0.2, 0.25) is 5.91 Å². The molecule has 2 aromatic rings. The van der Waals surface area contributed by atoms with Crippen LogP contribution in [0.5, 0.6) is 5.75 Å². The molecule has 3 heterocycles. The Kier molecular flexibility index (Phi) is 5.18. The van der Waals surface area contributed by atoms with E-state index in [4.69, 9.17) is 16.3 Å².